The molecule has 0 bridgehead atoms. The molecule has 0 saturated heterocycles. The molecular formula is C18H14N4S. The van der Waals surface area contributed by atoms with Crippen LogP contribution in [0.1, 0.15) is 16.1 Å². The molecule has 2 aromatic heterocycles. The number of aromatic amines is 1. The van der Waals surface area contributed by atoms with E-state index in [1.807, 2.05) is 36.5 Å². The fourth-order valence-corrected chi connectivity index (χ4v) is 3.25. The molecule has 23 heavy (non-hydrogen) atoms. The number of hydrogen-bond acceptors (Lipinski definition) is 4. The second-order valence-electron chi connectivity index (χ2n) is 5.16. The summed E-state index contributed by atoms with van der Waals surface area (Å²) in [5.41, 5.74) is 10.1. The summed E-state index contributed by atoms with van der Waals surface area (Å²) >= 11 is 1.39. The molecule has 3 N–H and O–H groups in total. The zero-order valence-corrected chi connectivity index (χ0v) is 13.0. The molecule has 0 atom stereocenters. The molecule has 0 saturated carbocycles. The van der Waals surface area contributed by atoms with Crippen LogP contribution in [0.25, 0.3) is 22.6 Å². The number of nitrogens with two attached hydrogens (primary N) is 1. The predicted octanol–water partition coefficient (Wildman–Crippen LogP) is 4.19. The van der Waals surface area contributed by atoms with E-state index in [-0.39, 0.29) is 0 Å². The highest BCUT2D eigenvalue weighted by atomic mass is 32.1. The van der Waals surface area contributed by atoms with Gasteiger partial charge in [0.15, 0.2) is 0 Å². The van der Waals surface area contributed by atoms with Gasteiger partial charge in [-0.05, 0) is 17.7 Å². The van der Waals surface area contributed by atoms with Gasteiger partial charge >= 0.3 is 0 Å². The summed E-state index contributed by atoms with van der Waals surface area (Å²) < 4.78 is 0. The van der Waals surface area contributed by atoms with Crippen molar-refractivity contribution in [3.8, 4) is 0 Å². The highest BCUT2D eigenvalue weighted by Crippen LogP contribution is 2.31. The summed E-state index contributed by atoms with van der Waals surface area (Å²) in [7, 11) is 0. The van der Waals surface area contributed by atoms with Crippen LogP contribution in [0.4, 0.5) is 5.13 Å². The minimum Gasteiger partial charge on any atom is -0.374 e. The summed E-state index contributed by atoms with van der Waals surface area (Å²) in [5.74, 6) is 0. The molecule has 0 aliphatic heterocycles. The van der Waals surface area contributed by atoms with Crippen LogP contribution in [-0.2, 0) is 0 Å². The molecule has 0 aliphatic carbocycles. The van der Waals surface area contributed by atoms with Gasteiger partial charge in [0.25, 0.3) is 0 Å². The molecule has 0 radical (unpaired) electrons. The first-order valence-corrected chi connectivity index (χ1v) is 8.05. The van der Waals surface area contributed by atoms with Gasteiger partial charge in [0.05, 0.1) is 0 Å². The van der Waals surface area contributed by atoms with Crippen LogP contribution in [0.15, 0.2) is 60.8 Å². The minimum atomic E-state index is 0.473. The number of fused-ring (bicyclic) bond motifs is 1. The molecule has 0 spiro atoms. The lowest BCUT2D eigenvalue weighted by atomic mass is 10.0. The lowest BCUT2D eigenvalue weighted by molar-refractivity contribution is 1.08. The van der Waals surface area contributed by atoms with Gasteiger partial charge in [-0.2, -0.15) is 0 Å². The molecule has 0 amide bonds. The van der Waals surface area contributed by atoms with E-state index >= 15 is 0 Å². The lowest BCUT2D eigenvalue weighted by Crippen LogP contribution is -1.87. The number of nitrogen functional groups attached to an aromatic ring is 1. The fraction of sp³-hybridized carbons (Fsp3) is 0. The molecule has 4 rings (SSSR count). The molecule has 0 fully saturated rings. The maximum Gasteiger partial charge on any atom is 0.203 e. The average molecular weight is 318 g/mol. The summed E-state index contributed by atoms with van der Waals surface area (Å²) in [5, 5.41) is 10.6. The minimum absolute atomic E-state index is 0.473. The lowest BCUT2D eigenvalue weighted by Gasteiger charge is -2.04. The Morgan fingerprint density at radius 2 is 1.78 bits per heavy atom. The quantitative estimate of drug-likeness (QED) is 0.595. The first-order chi connectivity index (χ1) is 11.3. The molecule has 0 unspecified atom stereocenters. The van der Waals surface area contributed by atoms with Crippen LogP contribution in [0.3, 0.4) is 0 Å². The van der Waals surface area contributed by atoms with Gasteiger partial charge in [-0.3, -0.25) is 0 Å². The number of H-pyrrole nitrogens is 1. The van der Waals surface area contributed by atoms with Crippen molar-refractivity contribution in [3.05, 3.63) is 76.9 Å². The Bertz CT molecular complexity index is 982. The summed E-state index contributed by atoms with van der Waals surface area (Å²) in [6, 6.07) is 18.4. The van der Waals surface area contributed by atoms with Crippen LogP contribution in [-0.4, -0.2) is 15.2 Å². The maximum absolute atomic E-state index is 5.77. The van der Waals surface area contributed by atoms with Gasteiger partial charge in [-0.1, -0.05) is 59.9 Å². The highest BCUT2D eigenvalue weighted by Gasteiger charge is 2.12. The maximum atomic E-state index is 5.77. The number of anilines is 1. The zero-order valence-electron chi connectivity index (χ0n) is 12.2. The van der Waals surface area contributed by atoms with E-state index in [2.05, 4.69) is 45.5 Å². The average Bonchev–Trinajstić information content (AvgIpc) is 3.20. The third-order valence-electron chi connectivity index (χ3n) is 3.68. The van der Waals surface area contributed by atoms with E-state index in [1.165, 1.54) is 16.7 Å². The number of benzene rings is 2. The van der Waals surface area contributed by atoms with E-state index in [4.69, 9.17) is 5.73 Å². The van der Waals surface area contributed by atoms with Crippen molar-refractivity contribution < 1.29 is 0 Å². The van der Waals surface area contributed by atoms with Crippen molar-refractivity contribution in [1.82, 2.24) is 15.2 Å². The van der Waals surface area contributed by atoms with Crippen molar-refractivity contribution in [2.24, 2.45) is 0 Å². The van der Waals surface area contributed by atoms with Crippen LogP contribution >= 0.6 is 11.3 Å². The molecule has 2 aromatic carbocycles. The molecule has 5 heteroatoms. The normalized spacial score (nSPS) is 11.9. The number of nitrogens with zero attached hydrogens (tertiary/aromatic N) is 2. The van der Waals surface area contributed by atoms with Gasteiger partial charge in [0, 0.05) is 28.2 Å². The molecule has 4 nitrogen and oxygen atoms in total. The Kier molecular flexibility index (Phi) is 3.40. The standard InChI is InChI=1S/C18H14N4S/c19-18-22-21-17(23-18)15(12-6-2-1-3-7-12)10-13-11-20-16-9-5-4-8-14(13)16/h1-11,20H,(H2,19,22)/b15-10+. The third kappa shape index (κ3) is 2.62. The highest BCUT2D eigenvalue weighted by molar-refractivity contribution is 7.16. The first kappa shape index (κ1) is 13.7. The molecule has 112 valence electrons. The Labute approximate surface area is 137 Å². The van der Waals surface area contributed by atoms with Crippen molar-refractivity contribution >= 4 is 39.0 Å². The van der Waals surface area contributed by atoms with E-state index in [9.17, 15) is 0 Å². The largest absolute Gasteiger partial charge is 0.374 e. The number of para-hydroxylation sites is 1. The van der Waals surface area contributed by atoms with Gasteiger partial charge in [0.1, 0.15) is 5.01 Å². The monoisotopic (exact) mass is 318 g/mol. The van der Waals surface area contributed by atoms with E-state index in [1.54, 1.807) is 0 Å². The van der Waals surface area contributed by atoms with Gasteiger partial charge in [0.2, 0.25) is 5.13 Å². The van der Waals surface area contributed by atoms with Crippen LogP contribution in [0, 0.1) is 0 Å². The Balaban J connectivity index is 1.91. The number of hydrogen-bond donors (Lipinski definition) is 2. The predicted molar refractivity (Wildman–Crippen MR) is 96.0 cm³/mol. The summed E-state index contributed by atoms with van der Waals surface area (Å²) in [4.78, 5) is 3.30. The molecule has 2 heterocycles. The van der Waals surface area contributed by atoms with Gasteiger partial charge < -0.3 is 10.7 Å². The van der Waals surface area contributed by atoms with Crippen LogP contribution < -0.4 is 5.73 Å². The van der Waals surface area contributed by atoms with Crippen molar-refractivity contribution in [2.75, 3.05) is 5.73 Å². The zero-order chi connectivity index (χ0) is 15.6. The number of aromatic nitrogens is 3. The van der Waals surface area contributed by atoms with Gasteiger partial charge in [-0.15, -0.1) is 10.2 Å². The van der Waals surface area contributed by atoms with Crippen molar-refractivity contribution in [1.29, 1.82) is 0 Å². The van der Waals surface area contributed by atoms with E-state index in [0.29, 0.717) is 5.13 Å². The summed E-state index contributed by atoms with van der Waals surface area (Å²) in [6.45, 7) is 0. The second-order valence-corrected chi connectivity index (χ2v) is 6.17. The van der Waals surface area contributed by atoms with Crippen LogP contribution in [0.2, 0.25) is 0 Å². The second kappa shape index (κ2) is 5.70. The topological polar surface area (TPSA) is 67.6 Å². The Hall–Kier alpha value is -2.92. The Morgan fingerprint density at radius 1 is 1.00 bits per heavy atom. The number of nitrogens with one attached hydrogen (secondary N) is 1. The molecule has 4 aromatic rings. The fourth-order valence-electron chi connectivity index (χ4n) is 2.60. The van der Waals surface area contributed by atoms with Gasteiger partial charge in [-0.25, -0.2) is 0 Å². The van der Waals surface area contributed by atoms with E-state index in [0.717, 1.165) is 27.2 Å². The SMILES string of the molecule is Nc1nnc(/C(=C/c2c[nH]c3ccccc23)c2ccccc2)s1. The smallest absolute Gasteiger partial charge is 0.203 e. The first-order valence-electron chi connectivity index (χ1n) is 7.24. The van der Waals surface area contributed by atoms with Crippen molar-refractivity contribution in [3.63, 3.8) is 0 Å². The van der Waals surface area contributed by atoms with E-state index < -0.39 is 0 Å². The van der Waals surface area contributed by atoms with Crippen LogP contribution in [0.5, 0.6) is 0 Å². The third-order valence-corrected chi connectivity index (χ3v) is 4.46. The molecule has 0 aliphatic rings. The Morgan fingerprint density at radius 3 is 2.57 bits per heavy atom. The number of rotatable bonds is 3. The van der Waals surface area contributed by atoms with Crippen molar-refractivity contribution in [2.45, 2.75) is 0 Å². The summed E-state index contributed by atoms with van der Waals surface area (Å²) in [6.07, 6.45) is 4.14. The molecular weight excluding hydrogens is 304 g/mol.